The Bertz CT molecular complexity index is 314. The van der Waals surface area contributed by atoms with Gasteiger partial charge in [-0.1, -0.05) is 24.8 Å². The largest absolute Gasteiger partial charge is 0.435 e. The molecule has 74 valence electrons. The van der Waals surface area contributed by atoms with Gasteiger partial charge in [-0.05, 0) is 17.7 Å². The lowest BCUT2D eigenvalue weighted by molar-refractivity contribution is -0.0125. The molecule has 1 aromatic rings. The molecular weight excluding hydrogens is 180 g/mol. The van der Waals surface area contributed by atoms with Gasteiger partial charge in [0.15, 0.2) is 6.79 Å². The van der Waals surface area contributed by atoms with E-state index in [1.165, 1.54) is 7.11 Å². The highest BCUT2D eigenvalue weighted by Gasteiger charge is 2.05. The molecule has 0 saturated heterocycles. The van der Waals surface area contributed by atoms with E-state index in [2.05, 4.69) is 11.3 Å². The summed E-state index contributed by atoms with van der Waals surface area (Å²) in [5.74, 6) is -0.387. The fourth-order valence-electron chi connectivity index (χ4n) is 0.951. The van der Waals surface area contributed by atoms with E-state index >= 15 is 0 Å². The Hall–Kier alpha value is -1.61. The molecule has 3 nitrogen and oxygen atoms in total. The fourth-order valence-corrected chi connectivity index (χ4v) is 0.951. The predicted molar refractivity (Wildman–Crippen MR) is 53.8 cm³/mol. The number of hydrogen-bond acceptors (Lipinski definition) is 3. The highest BCUT2D eigenvalue weighted by Crippen LogP contribution is 2.06. The van der Waals surface area contributed by atoms with Crippen LogP contribution in [0.2, 0.25) is 0 Å². The number of carbonyl (C=O) groups excluding carboxylic acids is 1. The molecule has 0 saturated carbocycles. The van der Waals surface area contributed by atoms with Crippen LogP contribution in [-0.4, -0.2) is 19.9 Å². The number of carbonyl (C=O) groups is 1. The van der Waals surface area contributed by atoms with E-state index in [4.69, 9.17) is 4.74 Å². The van der Waals surface area contributed by atoms with Crippen LogP contribution in [0.5, 0.6) is 0 Å². The molecule has 14 heavy (non-hydrogen) atoms. The smallest absolute Gasteiger partial charge is 0.340 e. The van der Waals surface area contributed by atoms with E-state index in [0.29, 0.717) is 5.56 Å². The third-order valence-electron chi connectivity index (χ3n) is 1.69. The number of hydrogen-bond donors (Lipinski definition) is 0. The lowest BCUT2D eigenvalue weighted by atomic mass is 10.1. The average Bonchev–Trinajstić information content (AvgIpc) is 2.26. The van der Waals surface area contributed by atoms with Gasteiger partial charge in [-0.2, -0.15) is 0 Å². The van der Waals surface area contributed by atoms with E-state index in [1.54, 1.807) is 30.3 Å². The first-order valence-electron chi connectivity index (χ1n) is 4.16. The molecule has 0 radical (unpaired) electrons. The van der Waals surface area contributed by atoms with Gasteiger partial charge < -0.3 is 9.47 Å². The normalized spacial score (nSPS) is 9.50. The first-order valence-corrected chi connectivity index (χ1v) is 4.16. The summed E-state index contributed by atoms with van der Waals surface area (Å²) < 4.78 is 9.38. The van der Waals surface area contributed by atoms with Crippen molar-refractivity contribution < 1.29 is 14.3 Å². The minimum absolute atomic E-state index is 0.0258. The van der Waals surface area contributed by atoms with E-state index < -0.39 is 0 Å². The molecule has 0 atom stereocenters. The third kappa shape index (κ3) is 2.71. The van der Waals surface area contributed by atoms with Crippen molar-refractivity contribution in [1.82, 2.24) is 0 Å². The maximum atomic E-state index is 11.3. The Balaban J connectivity index is 2.66. The zero-order valence-corrected chi connectivity index (χ0v) is 8.03. The van der Waals surface area contributed by atoms with E-state index in [-0.39, 0.29) is 12.8 Å². The van der Waals surface area contributed by atoms with Crippen LogP contribution in [0.3, 0.4) is 0 Å². The van der Waals surface area contributed by atoms with Crippen molar-refractivity contribution in [3.8, 4) is 0 Å². The average molecular weight is 192 g/mol. The van der Waals surface area contributed by atoms with Crippen molar-refractivity contribution in [2.24, 2.45) is 0 Å². The molecule has 0 aromatic heterocycles. The van der Waals surface area contributed by atoms with E-state index in [1.807, 2.05) is 0 Å². The van der Waals surface area contributed by atoms with Crippen molar-refractivity contribution in [3.63, 3.8) is 0 Å². The fraction of sp³-hybridized carbons (Fsp3) is 0.182. The molecule has 0 N–H and O–H groups in total. The molecule has 0 bridgehead atoms. The maximum Gasteiger partial charge on any atom is 0.340 e. The Morgan fingerprint density at radius 1 is 1.43 bits per heavy atom. The van der Waals surface area contributed by atoms with Crippen LogP contribution in [0.4, 0.5) is 0 Å². The summed E-state index contributed by atoms with van der Waals surface area (Å²) in [6.07, 6.45) is 1.71. The minimum atomic E-state index is -0.387. The van der Waals surface area contributed by atoms with Crippen LogP contribution in [0.1, 0.15) is 15.9 Å². The third-order valence-corrected chi connectivity index (χ3v) is 1.69. The van der Waals surface area contributed by atoms with Gasteiger partial charge in [-0.3, -0.25) is 0 Å². The molecule has 0 amide bonds. The van der Waals surface area contributed by atoms with Gasteiger partial charge in [0.25, 0.3) is 0 Å². The monoisotopic (exact) mass is 192 g/mol. The number of benzene rings is 1. The number of ether oxygens (including phenoxy) is 2. The second kappa shape index (κ2) is 5.19. The highest BCUT2D eigenvalue weighted by atomic mass is 16.7. The van der Waals surface area contributed by atoms with Crippen molar-refractivity contribution >= 4 is 12.0 Å². The van der Waals surface area contributed by atoms with Crippen LogP contribution >= 0.6 is 0 Å². The standard InChI is InChI=1S/C11H12O3/c1-3-9-4-6-10(7-5-9)11(12)14-8-13-2/h3-7H,1,8H2,2H3. The number of rotatable bonds is 4. The number of esters is 1. The Morgan fingerprint density at radius 2 is 2.07 bits per heavy atom. The second-order valence-electron chi connectivity index (χ2n) is 2.66. The summed E-state index contributed by atoms with van der Waals surface area (Å²) >= 11 is 0. The van der Waals surface area contributed by atoms with Crippen molar-refractivity contribution in [2.75, 3.05) is 13.9 Å². The first-order chi connectivity index (χ1) is 6.77. The second-order valence-corrected chi connectivity index (χ2v) is 2.66. The highest BCUT2D eigenvalue weighted by molar-refractivity contribution is 5.89. The summed E-state index contributed by atoms with van der Waals surface area (Å²) in [6, 6.07) is 6.98. The van der Waals surface area contributed by atoms with Crippen LogP contribution in [0.25, 0.3) is 6.08 Å². The summed E-state index contributed by atoms with van der Waals surface area (Å²) in [7, 11) is 1.47. The van der Waals surface area contributed by atoms with Crippen LogP contribution in [-0.2, 0) is 9.47 Å². The molecule has 0 heterocycles. The van der Waals surface area contributed by atoms with Gasteiger partial charge in [-0.15, -0.1) is 0 Å². The number of methoxy groups -OCH3 is 1. The molecule has 0 aliphatic heterocycles. The van der Waals surface area contributed by atoms with Gasteiger partial charge >= 0.3 is 5.97 Å². The lowest BCUT2D eigenvalue weighted by Crippen LogP contribution is -2.07. The van der Waals surface area contributed by atoms with Crippen LogP contribution in [0, 0.1) is 0 Å². The summed E-state index contributed by atoms with van der Waals surface area (Å²) in [6.45, 7) is 3.59. The van der Waals surface area contributed by atoms with E-state index in [9.17, 15) is 4.79 Å². The maximum absolute atomic E-state index is 11.3. The SMILES string of the molecule is C=Cc1ccc(C(=O)OCOC)cc1. The van der Waals surface area contributed by atoms with Crippen LogP contribution in [0.15, 0.2) is 30.8 Å². The molecule has 0 aliphatic carbocycles. The predicted octanol–water partition coefficient (Wildman–Crippen LogP) is 2.09. The summed E-state index contributed by atoms with van der Waals surface area (Å²) in [4.78, 5) is 11.3. The van der Waals surface area contributed by atoms with Crippen molar-refractivity contribution in [1.29, 1.82) is 0 Å². The quantitative estimate of drug-likeness (QED) is 0.541. The van der Waals surface area contributed by atoms with Gasteiger partial charge in [0.1, 0.15) is 0 Å². The molecule has 0 spiro atoms. The molecule has 1 rings (SSSR count). The van der Waals surface area contributed by atoms with Gasteiger partial charge in [-0.25, -0.2) is 4.79 Å². The molecule has 0 aliphatic rings. The Labute approximate surface area is 83.0 Å². The molecule has 0 unspecified atom stereocenters. The lowest BCUT2D eigenvalue weighted by Gasteiger charge is -2.02. The molecular formula is C11H12O3. The van der Waals surface area contributed by atoms with Gasteiger partial charge in [0.05, 0.1) is 5.56 Å². The summed E-state index contributed by atoms with van der Waals surface area (Å²) in [5.41, 5.74) is 1.47. The first kappa shape index (κ1) is 10.5. The topological polar surface area (TPSA) is 35.5 Å². The molecule has 0 fully saturated rings. The zero-order valence-electron chi connectivity index (χ0n) is 8.03. The molecule has 1 aromatic carbocycles. The zero-order chi connectivity index (χ0) is 10.4. The van der Waals surface area contributed by atoms with Crippen molar-refractivity contribution in [2.45, 2.75) is 0 Å². The van der Waals surface area contributed by atoms with Gasteiger partial charge in [0.2, 0.25) is 0 Å². The summed E-state index contributed by atoms with van der Waals surface area (Å²) in [5, 5.41) is 0. The molecule has 3 heteroatoms. The minimum Gasteiger partial charge on any atom is -0.435 e. The van der Waals surface area contributed by atoms with Crippen LogP contribution < -0.4 is 0 Å². The Kier molecular flexibility index (Phi) is 3.88. The van der Waals surface area contributed by atoms with Gasteiger partial charge in [0, 0.05) is 7.11 Å². The van der Waals surface area contributed by atoms with E-state index in [0.717, 1.165) is 5.56 Å². The van der Waals surface area contributed by atoms with Crippen molar-refractivity contribution in [3.05, 3.63) is 42.0 Å². The Morgan fingerprint density at radius 3 is 2.57 bits per heavy atom.